The van der Waals surface area contributed by atoms with Gasteiger partial charge in [0.05, 0.1) is 18.8 Å². The lowest BCUT2D eigenvalue weighted by molar-refractivity contribution is -0.0799. The highest BCUT2D eigenvalue weighted by atomic mass is 16.5. The van der Waals surface area contributed by atoms with Gasteiger partial charge in [0.1, 0.15) is 5.75 Å². The van der Waals surface area contributed by atoms with Crippen LogP contribution >= 0.6 is 0 Å². The van der Waals surface area contributed by atoms with Crippen LogP contribution in [-0.2, 0) is 4.74 Å². The molecule has 1 aromatic carbocycles. The fraction of sp³-hybridized carbons (Fsp3) is 0.647. The smallest absolute Gasteiger partial charge is 0.119 e. The third kappa shape index (κ3) is 4.43. The normalized spacial score (nSPS) is 24.8. The summed E-state index contributed by atoms with van der Waals surface area (Å²) in [7, 11) is 0. The van der Waals surface area contributed by atoms with Gasteiger partial charge in [-0.3, -0.25) is 4.90 Å². The molecule has 21 heavy (non-hydrogen) atoms. The van der Waals surface area contributed by atoms with Crippen LogP contribution in [0, 0.1) is 0 Å². The predicted molar refractivity (Wildman–Crippen MR) is 85.6 cm³/mol. The summed E-state index contributed by atoms with van der Waals surface area (Å²) in [4.78, 5) is 2.43. The third-order valence-electron chi connectivity index (χ3n) is 3.85. The summed E-state index contributed by atoms with van der Waals surface area (Å²) in [6, 6.07) is 8.60. The zero-order valence-corrected chi connectivity index (χ0v) is 13.4. The average molecular weight is 292 g/mol. The maximum atomic E-state index is 6.03. The molecule has 1 aliphatic rings. The molecule has 0 amide bonds. The lowest BCUT2D eigenvalue weighted by Gasteiger charge is -2.40. The van der Waals surface area contributed by atoms with Crippen molar-refractivity contribution in [3.05, 3.63) is 29.8 Å². The van der Waals surface area contributed by atoms with Crippen molar-refractivity contribution in [2.75, 3.05) is 26.2 Å². The van der Waals surface area contributed by atoms with E-state index < -0.39 is 0 Å². The molecule has 0 saturated carbocycles. The molecule has 1 aliphatic heterocycles. The Kier molecular flexibility index (Phi) is 6.03. The molecule has 0 aromatic heterocycles. The molecule has 0 aliphatic carbocycles. The van der Waals surface area contributed by atoms with Gasteiger partial charge >= 0.3 is 0 Å². The van der Waals surface area contributed by atoms with Crippen molar-refractivity contribution in [2.24, 2.45) is 5.73 Å². The van der Waals surface area contributed by atoms with Crippen LogP contribution in [-0.4, -0.2) is 43.3 Å². The molecular weight excluding hydrogens is 264 g/mol. The number of benzene rings is 1. The zero-order chi connectivity index (χ0) is 15.2. The largest absolute Gasteiger partial charge is 0.494 e. The Morgan fingerprint density at radius 3 is 2.38 bits per heavy atom. The molecule has 4 heteroatoms. The number of ether oxygens (including phenoxy) is 2. The van der Waals surface area contributed by atoms with Crippen LogP contribution in [0.3, 0.4) is 0 Å². The Morgan fingerprint density at radius 2 is 1.86 bits per heavy atom. The fourth-order valence-corrected chi connectivity index (χ4v) is 2.97. The first-order chi connectivity index (χ1) is 10.1. The topological polar surface area (TPSA) is 47.7 Å². The van der Waals surface area contributed by atoms with Crippen molar-refractivity contribution in [2.45, 2.75) is 45.4 Å². The summed E-state index contributed by atoms with van der Waals surface area (Å²) >= 11 is 0. The maximum absolute atomic E-state index is 6.03. The highest BCUT2D eigenvalue weighted by Gasteiger charge is 2.28. The molecule has 1 fully saturated rings. The van der Waals surface area contributed by atoms with Gasteiger partial charge in [0.2, 0.25) is 0 Å². The van der Waals surface area contributed by atoms with Gasteiger partial charge in [-0.05, 0) is 38.0 Å². The van der Waals surface area contributed by atoms with Gasteiger partial charge in [0.15, 0.2) is 0 Å². The molecule has 1 heterocycles. The van der Waals surface area contributed by atoms with Crippen LogP contribution in [0.5, 0.6) is 5.75 Å². The number of rotatable bonds is 6. The maximum Gasteiger partial charge on any atom is 0.119 e. The van der Waals surface area contributed by atoms with Crippen molar-refractivity contribution >= 4 is 0 Å². The number of hydrogen-bond donors (Lipinski definition) is 1. The van der Waals surface area contributed by atoms with E-state index in [1.54, 1.807) is 0 Å². The van der Waals surface area contributed by atoms with Crippen LogP contribution in [0.1, 0.15) is 38.8 Å². The Bertz CT molecular complexity index is 411. The van der Waals surface area contributed by atoms with E-state index in [1.807, 2.05) is 12.1 Å². The second-order valence-electron chi connectivity index (χ2n) is 5.88. The van der Waals surface area contributed by atoms with E-state index in [1.165, 1.54) is 5.56 Å². The first-order valence-corrected chi connectivity index (χ1v) is 7.96. The van der Waals surface area contributed by atoms with Crippen molar-refractivity contribution in [1.82, 2.24) is 4.90 Å². The highest BCUT2D eigenvalue weighted by molar-refractivity contribution is 5.29. The molecule has 0 radical (unpaired) electrons. The Labute approximate surface area is 128 Å². The third-order valence-corrected chi connectivity index (χ3v) is 3.85. The van der Waals surface area contributed by atoms with Gasteiger partial charge in [-0.1, -0.05) is 19.1 Å². The van der Waals surface area contributed by atoms with Crippen LogP contribution in [0.2, 0.25) is 0 Å². The van der Waals surface area contributed by atoms with Crippen molar-refractivity contribution in [3.63, 3.8) is 0 Å². The zero-order valence-electron chi connectivity index (χ0n) is 13.4. The molecule has 2 N–H and O–H groups in total. The Morgan fingerprint density at radius 1 is 1.24 bits per heavy atom. The minimum Gasteiger partial charge on any atom is -0.494 e. The average Bonchev–Trinajstić information content (AvgIpc) is 2.46. The SMILES string of the molecule is CCCOc1ccc(C(CN)N2C[C@@H](C)O[C@@H](C)C2)cc1. The summed E-state index contributed by atoms with van der Waals surface area (Å²) in [5, 5.41) is 0. The first kappa shape index (κ1) is 16.3. The molecule has 3 atom stereocenters. The quantitative estimate of drug-likeness (QED) is 0.875. The minimum atomic E-state index is 0.249. The van der Waals surface area contributed by atoms with Gasteiger partial charge in [0.25, 0.3) is 0 Å². The predicted octanol–water partition coefficient (Wildman–Crippen LogP) is 2.58. The van der Waals surface area contributed by atoms with E-state index >= 15 is 0 Å². The van der Waals surface area contributed by atoms with Crippen LogP contribution in [0.15, 0.2) is 24.3 Å². The van der Waals surface area contributed by atoms with E-state index in [4.69, 9.17) is 15.2 Å². The number of hydrogen-bond acceptors (Lipinski definition) is 4. The second kappa shape index (κ2) is 7.78. The summed E-state index contributed by atoms with van der Waals surface area (Å²) in [6.07, 6.45) is 1.54. The Hall–Kier alpha value is -1.10. The number of morpholine rings is 1. The molecule has 1 saturated heterocycles. The van der Waals surface area contributed by atoms with Gasteiger partial charge in [-0.2, -0.15) is 0 Å². The monoisotopic (exact) mass is 292 g/mol. The standard InChI is InChI=1S/C17H28N2O2/c1-4-9-20-16-7-5-15(6-8-16)17(10-18)19-11-13(2)21-14(3)12-19/h5-8,13-14,17H,4,9-12,18H2,1-3H3/t13-,14+,17?. The lowest BCUT2D eigenvalue weighted by atomic mass is 10.0. The summed E-state index contributed by atoms with van der Waals surface area (Å²) < 4.78 is 11.4. The fourth-order valence-electron chi connectivity index (χ4n) is 2.97. The van der Waals surface area contributed by atoms with E-state index in [0.717, 1.165) is 31.9 Å². The van der Waals surface area contributed by atoms with Crippen molar-refractivity contribution in [1.29, 1.82) is 0 Å². The summed E-state index contributed by atoms with van der Waals surface area (Å²) in [5.74, 6) is 0.931. The van der Waals surface area contributed by atoms with Gasteiger partial charge < -0.3 is 15.2 Å². The van der Waals surface area contributed by atoms with Crippen LogP contribution < -0.4 is 10.5 Å². The summed E-state index contributed by atoms with van der Waals surface area (Å²) in [5.41, 5.74) is 7.28. The molecule has 118 valence electrons. The summed E-state index contributed by atoms with van der Waals surface area (Å²) in [6.45, 7) is 9.60. The van der Waals surface area contributed by atoms with E-state index in [0.29, 0.717) is 6.54 Å². The molecule has 1 unspecified atom stereocenters. The molecule has 2 rings (SSSR count). The Balaban J connectivity index is 2.06. The molecule has 1 aromatic rings. The van der Waals surface area contributed by atoms with Gasteiger partial charge in [0, 0.05) is 25.7 Å². The van der Waals surface area contributed by atoms with E-state index in [-0.39, 0.29) is 18.2 Å². The van der Waals surface area contributed by atoms with Crippen molar-refractivity contribution in [3.8, 4) is 5.75 Å². The molecular formula is C17H28N2O2. The first-order valence-electron chi connectivity index (χ1n) is 7.96. The minimum absolute atomic E-state index is 0.249. The van der Waals surface area contributed by atoms with E-state index in [9.17, 15) is 0 Å². The van der Waals surface area contributed by atoms with Gasteiger partial charge in [-0.15, -0.1) is 0 Å². The second-order valence-corrected chi connectivity index (χ2v) is 5.88. The highest BCUT2D eigenvalue weighted by Crippen LogP contribution is 2.25. The lowest BCUT2D eigenvalue weighted by Crippen LogP contribution is -2.48. The van der Waals surface area contributed by atoms with Gasteiger partial charge in [-0.25, -0.2) is 0 Å². The molecule has 4 nitrogen and oxygen atoms in total. The molecule has 0 spiro atoms. The number of nitrogens with zero attached hydrogens (tertiary/aromatic N) is 1. The number of nitrogens with two attached hydrogens (primary N) is 1. The van der Waals surface area contributed by atoms with Crippen molar-refractivity contribution < 1.29 is 9.47 Å². The van der Waals surface area contributed by atoms with Crippen LogP contribution in [0.4, 0.5) is 0 Å². The van der Waals surface area contributed by atoms with Crippen LogP contribution in [0.25, 0.3) is 0 Å². The van der Waals surface area contributed by atoms with E-state index in [2.05, 4.69) is 37.8 Å². The molecule has 0 bridgehead atoms.